The molecule has 0 saturated carbocycles. The Kier molecular flexibility index (Phi) is 18.0. The van der Waals surface area contributed by atoms with Crippen LogP contribution in [-0.2, 0) is 0 Å². The summed E-state index contributed by atoms with van der Waals surface area (Å²) in [6.07, 6.45) is 6.91. The average molecular weight is 1460 g/mol. The quantitative estimate of drug-likeness (QED) is 0.0953. The van der Waals surface area contributed by atoms with Gasteiger partial charge in [0.25, 0.3) is 0 Å². The van der Waals surface area contributed by atoms with Crippen molar-refractivity contribution in [1.29, 1.82) is 0 Å². The highest BCUT2D eigenvalue weighted by Gasteiger charge is 2.38. The van der Waals surface area contributed by atoms with E-state index >= 15 is 0 Å². The molecule has 4 heterocycles. The van der Waals surface area contributed by atoms with Crippen LogP contribution in [0.25, 0.3) is 83.5 Å². The summed E-state index contributed by atoms with van der Waals surface area (Å²) in [5, 5.41) is 5.51. The van der Waals surface area contributed by atoms with Crippen molar-refractivity contribution < 1.29 is 0 Å². The van der Waals surface area contributed by atoms with E-state index < -0.39 is 0 Å². The zero-order valence-electron chi connectivity index (χ0n) is 58.8. The Labute approximate surface area is 646 Å². The summed E-state index contributed by atoms with van der Waals surface area (Å²) in [4.78, 5) is 13.4. The molecule has 0 N–H and O–H groups in total. The Morgan fingerprint density at radius 3 is 1.06 bits per heavy atom. The molecule has 0 spiro atoms. The topological polar surface area (TPSA) is 13.0 Å². The first-order valence-electron chi connectivity index (χ1n) is 36.6. The van der Waals surface area contributed by atoms with E-state index in [1.165, 1.54) is 111 Å². The highest BCUT2D eigenvalue weighted by atomic mass is 32.2. The number of thiophene rings is 3. The third-order valence-electron chi connectivity index (χ3n) is 20.5. The van der Waals surface area contributed by atoms with Crippen LogP contribution in [0, 0.1) is 0 Å². The van der Waals surface area contributed by atoms with Crippen molar-refractivity contribution in [3.63, 3.8) is 0 Å². The molecule has 0 saturated heterocycles. The van der Waals surface area contributed by atoms with Gasteiger partial charge in [-0.05, 0) is 220 Å². The van der Waals surface area contributed by atoms with Gasteiger partial charge in [-0.1, -0.05) is 243 Å². The van der Waals surface area contributed by atoms with E-state index in [4.69, 9.17) is 0 Å². The van der Waals surface area contributed by atoms with Crippen molar-refractivity contribution >= 4 is 149 Å². The molecular formula is C100H70N4S4. The number of hydrogen-bond donors (Lipinski definition) is 0. The number of hydrogen-bond acceptors (Lipinski definition) is 8. The van der Waals surface area contributed by atoms with Gasteiger partial charge in [-0.25, -0.2) is 0 Å². The Morgan fingerprint density at radius 2 is 0.602 bits per heavy atom. The van der Waals surface area contributed by atoms with E-state index in [0.717, 1.165) is 51.2 Å². The lowest BCUT2D eigenvalue weighted by atomic mass is 9.90. The normalized spacial score (nSPS) is 13.5. The lowest BCUT2D eigenvalue weighted by molar-refractivity contribution is 0.823. The van der Waals surface area contributed by atoms with Gasteiger partial charge in [0.15, 0.2) is 0 Å². The van der Waals surface area contributed by atoms with Crippen LogP contribution in [0.5, 0.6) is 0 Å². The first kappa shape index (κ1) is 66.2. The Hall–Kier alpha value is -12.5. The highest BCUT2D eigenvalue weighted by molar-refractivity contribution is 8.00. The molecule has 3 aromatic heterocycles. The molecule has 20 rings (SSSR count). The fourth-order valence-corrected chi connectivity index (χ4v) is 20.1. The molecule has 2 unspecified atom stereocenters. The molecular weight excluding hydrogens is 1390 g/mol. The molecule has 514 valence electrons. The maximum absolute atomic E-state index is 2.44. The van der Waals surface area contributed by atoms with Gasteiger partial charge in [-0.2, -0.15) is 0 Å². The summed E-state index contributed by atoms with van der Waals surface area (Å²) < 4.78 is 5.24. The molecule has 8 heteroatoms. The molecule has 0 amide bonds. The minimum absolute atomic E-state index is 0.320. The largest absolute Gasteiger partial charge is 0.313 e. The minimum Gasteiger partial charge on any atom is -0.313 e. The van der Waals surface area contributed by atoms with Crippen LogP contribution in [0.2, 0.25) is 0 Å². The standard InChI is InChI=1S/C52H36N2S2.C48H34N2S2/c1-3-13-43(14-4-1)53(47-31-23-39(24-32-47)51-35-41-11-7-9-17-49(41)55-51)45-27-19-37(20-28-45)38-21-29-46(30-22-38)54(44-15-5-2-6-16-44)48-33-25-40(26-34-48)52-36-42-12-8-10-18-50(42)56-52;1-3-13-35(14-4-1)49(43-21-11-19-41-39-17-7-9-23-45(39)51-47(41)43)37-29-25-33(26-30-37)34-27-31-38(32-28-34)50(36-15-5-2-6-16-36)44-22-12-20-42-40-18-8-10-24-46(40)52-48(42)44/h1-36H;1-32,41,47H. The van der Waals surface area contributed by atoms with Crippen LogP contribution < -0.4 is 19.6 Å². The predicted molar refractivity (Wildman–Crippen MR) is 467 cm³/mol. The van der Waals surface area contributed by atoms with Crippen LogP contribution in [0.15, 0.2) is 423 Å². The molecule has 108 heavy (non-hydrogen) atoms. The summed E-state index contributed by atoms with van der Waals surface area (Å²) in [5.41, 5.74) is 22.5. The first-order valence-corrected chi connectivity index (χ1v) is 39.9. The van der Waals surface area contributed by atoms with Crippen LogP contribution in [-0.4, -0.2) is 5.25 Å². The molecule has 2 aliphatic rings. The molecule has 0 fully saturated rings. The van der Waals surface area contributed by atoms with Gasteiger partial charge in [-0.3, -0.25) is 0 Å². The SMILES string of the molecule is C1=CC2c3ccccc3SC2C(N(c2ccccc2)c2ccc(-c3ccc(N(c4ccccc4)c4cccc5c4sc4ccccc45)cc3)cc2)=C1.c1ccc(N(c2ccc(-c3ccc(N(c4ccccc4)c4ccc(-c5cc6ccccc6s5)cc4)cc3)cc2)c2ccc(-c3cc4ccccc4s3)cc2)cc1. The number of para-hydroxylation sites is 4. The second kappa shape index (κ2) is 29.4. The molecule has 1 aliphatic carbocycles. The fourth-order valence-electron chi connectivity index (χ4n) is 15.3. The maximum atomic E-state index is 2.44. The minimum atomic E-state index is 0.320. The third kappa shape index (κ3) is 13.1. The molecule has 2 atom stereocenters. The van der Waals surface area contributed by atoms with Crippen molar-refractivity contribution in [3.05, 3.63) is 424 Å². The van der Waals surface area contributed by atoms with Crippen LogP contribution >= 0.6 is 45.8 Å². The number of thioether (sulfide) groups is 1. The Morgan fingerprint density at radius 1 is 0.250 bits per heavy atom. The summed E-state index contributed by atoms with van der Waals surface area (Å²) in [5.74, 6) is 0.367. The number of allylic oxidation sites excluding steroid dienone is 3. The Balaban J connectivity index is 0.000000147. The second-order valence-electron chi connectivity index (χ2n) is 27.1. The summed E-state index contributed by atoms with van der Waals surface area (Å²) in [6, 6.07) is 143. The van der Waals surface area contributed by atoms with E-state index in [-0.39, 0.29) is 0 Å². The molecule has 0 radical (unpaired) electrons. The van der Waals surface area contributed by atoms with Gasteiger partial charge < -0.3 is 19.6 Å². The molecule has 0 bridgehead atoms. The average Bonchev–Trinajstić information content (AvgIpc) is 1.61. The zero-order chi connectivity index (χ0) is 71.7. The summed E-state index contributed by atoms with van der Waals surface area (Å²) >= 11 is 7.53. The van der Waals surface area contributed by atoms with Crippen molar-refractivity contribution in [2.45, 2.75) is 16.1 Å². The number of fused-ring (bicyclic) bond motifs is 8. The highest BCUT2D eigenvalue weighted by Crippen LogP contribution is 2.53. The third-order valence-corrected chi connectivity index (χ3v) is 25.5. The van der Waals surface area contributed by atoms with Crippen molar-refractivity contribution in [1.82, 2.24) is 0 Å². The van der Waals surface area contributed by atoms with E-state index in [0.29, 0.717) is 11.2 Å². The van der Waals surface area contributed by atoms with E-state index in [1.54, 1.807) is 0 Å². The maximum Gasteiger partial charge on any atom is 0.0640 e. The van der Waals surface area contributed by atoms with E-state index in [2.05, 4.69) is 432 Å². The smallest absolute Gasteiger partial charge is 0.0640 e. The number of benzene rings is 15. The lowest BCUT2D eigenvalue weighted by Crippen LogP contribution is -2.27. The summed E-state index contributed by atoms with van der Waals surface area (Å²) in [7, 11) is 0. The molecule has 15 aromatic carbocycles. The van der Waals surface area contributed by atoms with E-state index in [9.17, 15) is 0 Å². The van der Waals surface area contributed by atoms with E-state index in [1.807, 2.05) is 45.8 Å². The first-order chi connectivity index (χ1) is 53.5. The van der Waals surface area contributed by atoms with Gasteiger partial charge in [0.05, 0.1) is 15.6 Å². The van der Waals surface area contributed by atoms with Crippen LogP contribution in [0.3, 0.4) is 0 Å². The molecule has 18 aromatic rings. The van der Waals surface area contributed by atoms with Gasteiger partial charge in [0.2, 0.25) is 0 Å². The molecule has 1 aliphatic heterocycles. The van der Waals surface area contributed by atoms with Crippen molar-refractivity contribution in [2.24, 2.45) is 0 Å². The second-order valence-corrected chi connectivity index (χ2v) is 31.5. The van der Waals surface area contributed by atoms with Crippen LogP contribution in [0.4, 0.5) is 62.6 Å². The van der Waals surface area contributed by atoms with Crippen LogP contribution in [0.1, 0.15) is 11.5 Å². The molecule has 4 nitrogen and oxygen atoms in total. The predicted octanol–water partition coefficient (Wildman–Crippen LogP) is 30.1. The number of nitrogens with zero attached hydrogens (tertiary/aromatic N) is 4. The monoisotopic (exact) mass is 1450 g/mol. The fraction of sp³-hybridized carbons (Fsp3) is 0.0200. The van der Waals surface area contributed by atoms with Gasteiger partial charge >= 0.3 is 0 Å². The van der Waals surface area contributed by atoms with Crippen molar-refractivity contribution in [3.8, 4) is 43.1 Å². The van der Waals surface area contributed by atoms with Gasteiger partial charge in [0, 0.05) is 108 Å². The van der Waals surface area contributed by atoms with Gasteiger partial charge in [-0.15, -0.1) is 45.8 Å². The number of anilines is 11. The Bertz CT molecular complexity index is 5990. The van der Waals surface area contributed by atoms with Gasteiger partial charge in [0.1, 0.15) is 0 Å². The zero-order valence-corrected chi connectivity index (χ0v) is 62.1. The lowest BCUT2D eigenvalue weighted by Gasteiger charge is -2.34. The van der Waals surface area contributed by atoms with Crippen molar-refractivity contribution in [2.75, 3.05) is 19.6 Å². The summed E-state index contributed by atoms with van der Waals surface area (Å²) in [6.45, 7) is 0. The number of rotatable bonds is 16.